The Kier molecular flexibility index (Phi) is 9.50. The molecule has 1 aliphatic carbocycles. The van der Waals surface area contributed by atoms with E-state index in [0.29, 0.717) is 0 Å². The smallest absolute Gasteiger partial charge is 0.239 e. The Morgan fingerprint density at radius 2 is 1.95 bits per heavy atom. The van der Waals surface area contributed by atoms with Gasteiger partial charge in [0.1, 0.15) is 0 Å². The van der Waals surface area contributed by atoms with Crippen LogP contribution in [0.25, 0.3) is 0 Å². The molecule has 4 nitrogen and oxygen atoms in total. The molecule has 0 heterocycles. The van der Waals surface area contributed by atoms with Gasteiger partial charge in [0.2, 0.25) is 5.91 Å². The van der Waals surface area contributed by atoms with Crippen molar-refractivity contribution in [3.05, 3.63) is 0 Å². The number of nitrogens with one attached hydrogen (secondary N) is 1. The SMILES string of the molecule is CCCC(C)(N)C(=O)NCC1(CCOCC)CCCC1.Cl. The summed E-state index contributed by atoms with van der Waals surface area (Å²) in [4.78, 5) is 12.2. The maximum Gasteiger partial charge on any atom is 0.239 e. The van der Waals surface area contributed by atoms with E-state index in [9.17, 15) is 4.79 Å². The van der Waals surface area contributed by atoms with Gasteiger partial charge in [-0.15, -0.1) is 12.4 Å². The van der Waals surface area contributed by atoms with Gasteiger partial charge in [-0.3, -0.25) is 4.79 Å². The number of hydrogen-bond donors (Lipinski definition) is 2. The van der Waals surface area contributed by atoms with Crippen molar-refractivity contribution >= 4 is 18.3 Å². The Bertz CT molecular complexity index is 303. The molecule has 1 unspecified atom stereocenters. The summed E-state index contributed by atoms with van der Waals surface area (Å²) < 4.78 is 5.50. The lowest BCUT2D eigenvalue weighted by Crippen LogP contribution is -2.53. The maximum absolute atomic E-state index is 12.2. The van der Waals surface area contributed by atoms with Crippen LogP contribution in [-0.2, 0) is 9.53 Å². The van der Waals surface area contributed by atoms with Gasteiger partial charge in [-0.2, -0.15) is 0 Å². The molecule has 1 saturated carbocycles. The van der Waals surface area contributed by atoms with Gasteiger partial charge in [-0.25, -0.2) is 0 Å². The van der Waals surface area contributed by atoms with Gasteiger partial charge >= 0.3 is 0 Å². The normalized spacial score (nSPS) is 19.6. The second kappa shape index (κ2) is 9.65. The zero-order valence-corrected chi connectivity index (χ0v) is 14.7. The maximum atomic E-state index is 12.2. The molecule has 0 aliphatic heterocycles. The van der Waals surface area contributed by atoms with Crippen LogP contribution in [0.2, 0.25) is 0 Å². The van der Waals surface area contributed by atoms with Crippen molar-refractivity contribution in [1.82, 2.24) is 5.32 Å². The monoisotopic (exact) mass is 320 g/mol. The number of carbonyl (C=O) groups is 1. The van der Waals surface area contributed by atoms with Crippen LogP contribution in [0.4, 0.5) is 0 Å². The van der Waals surface area contributed by atoms with Crippen LogP contribution in [0.5, 0.6) is 0 Å². The van der Waals surface area contributed by atoms with E-state index in [1.807, 2.05) is 13.8 Å². The van der Waals surface area contributed by atoms with E-state index in [-0.39, 0.29) is 23.7 Å². The molecule has 1 amide bonds. The molecule has 1 aliphatic rings. The number of nitrogens with two attached hydrogens (primary N) is 1. The third kappa shape index (κ3) is 6.54. The zero-order chi connectivity index (χ0) is 15.1. The summed E-state index contributed by atoms with van der Waals surface area (Å²) in [6.45, 7) is 8.20. The lowest BCUT2D eigenvalue weighted by molar-refractivity contribution is -0.126. The number of halogens is 1. The van der Waals surface area contributed by atoms with Crippen molar-refractivity contribution in [2.45, 2.75) is 71.3 Å². The van der Waals surface area contributed by atoms with Crippen molar-refractivity contribution in [3.8, 4) is 0 Å². The predicted molar refractivity (Wildman–Crippen MR) is 89.8 cm³/mol. The Hall–Kier alpha value is -0.320. The highest BCUT2D eigenvalue weighted by molar-refractivity contribution is 5.85. The molecule has 1 rings (SSSR count). The van der Waals surface area contributed by atoms with Gasteiger partial charge in [0.15, 0.2) is 0 Å². The molecule has 0 saturated heterocycles. The van der Waals surface area contributed by atoms with Gasteiger partial charge in [0.05, 0.1) is 5.54 Å². The first-order valence-electron chi connectivity index (χ1n) is 8.11. The van der Waals surface area contributed by atoms with Crippen LogP contribution in [-0.4, -0.2) is 31.2 Å². The summed E-state index contributed by atoms with van der Waals surface area (Å²) in [5.74, 6) is -0.0120. The van der Waals surface area contributed by atoms with Crippen LogP contribution in [0, 0.1) is 5.41 Å². The van der Waals surface area contributed by atoms with Crippen molar-refractivity contribution in [2.75, 3.05) is 19.8 Å². The lowest BCUT2D eigenvalue weighted by atomic mass is 9.82. The highest BCUT2D eigenvalue weighted by Gasteiger charge is 2.35. The minimum Gasteiger partial charge on any atom is -0.382 e. The Morgan fingerprint density at radius 1 is 1.33 bits per heavy atom. The van der Waals surface area contributed by atoms with Crippen molar-refractivity contribution < 1.29 is 9.53 Å². The molecular formula is C16H33ClN2O2. The average molecular weight is 321 g/mol. The first-order valence-corrected chi connectivity index (χ1v) is 8.11. The quantitative estimate of drug-likeness (QED) is 0.642. The summed E-state index contributed by atoms with van der Waals surface area (Å²) >= 11 is 0. The molecule has 0 aromatic heterocycles. The highest BCUT2D eigenvalue weighted by Crippen LogP contribution is 2.40. The van der Waals surface area contributed by atoms with Gasteiger partial charge in [0, 0.05) is 19.8 Å². The molecule has 21 heavy (non-hydrogen) atoms. The molecule has 5 heteroatoms. The van der Waals surface area contributed by atoms with Crippen molar-refractivity contribution in [3.63, 3.8) is 0 Å². The minimum absolute atomic E-state index is 0. The summed E-state index contributed by atoms with van der Waals surface area (Å²) in [7, 11) is 0. The van der Waals surface area contributed by atoms with E-state index in [4.69, 9.17) is 10.5 Å². The molecule has 1 fully saturated rings. The first-order chi connectivity index (χ1) is 9.46. The van der Waals surface area contributed by atoms with E-state index in [1.54, 1.807) is 0 Å². The third-order valence-electron chi connectivity index (χ3n) is 4.56. The van der Waals surface area contributed by atoms with E-state index >= 15 is 0 Å². The molecule has 0 spiro atoms. The molecule has 3 N–H and O–H groups in total. The number of carbonyl (C=O) groups excluding carboxylic acids is 1. The van der Waals surface area contributed by atoms with Crippen molar-refractivity contribution in [2.24, 2.45) is 11.1 Å². The largest absolute Gasteiger partial charge is 0.382 e. The third-order valence-corrected chi connectivity index (χ3v) is 4.56. The average Bonchev–Trinajstić information content (AvgIpc) is 2.85. The Morgan fingerprint density at radius 3 is 2.48 bits per heavy atom. The van der Waals surface area contributed by atoms with Gasteiger partial charge in [-0.1, -0.05) is 26.2 Å². The van der Waals surface area contributed by atoms with Crippen LogP contribution in [0.3, 0.4) is 0 Å². The number of rotatable bonds is 9. The van der Waals surface area contributed by atoms with E-state index in [2.05, 4.69) is 12.2 Å². The molecule has 126 valence electrons. The fourth-order valence-corrected chi connectivity index (χ4v) is 3.18. The standard InChI is InChI=1S/C16H32N2O2.ClH/c1-4-8-15(3,17)14(19)18-13-16(9-6-7-10-16)11-12-20-5-2;/h4-13,17H2,1-3H3,(H,18,19);1H. The van der Waals surface area contributed by atoms with E-state index < -0.39 is 5.54 Å². The van der Waals surface area contributed by atoms with Gasteiger partial charge in [0.25, 0.3) is 0 Å². The lowest BCUT2D eigenvalue weighted by Gasteiger charge is -2.31. The van der Waals surface area contributed by atoms with Gasteiger partial charge in [-0.05, 0) is 44.9 Å². The highest BCUT2D eigenvalue weighted by atomic mass is 35.5. The van der Waals surface area contributed by atoms with Gasteiger partial charge < -0.3 is 15.8 Å². The predicted octanol–water partition coefficient (Wildman–Crippen LogP) is 3.03. The van der Waals surface area contributed by atoms with Crippen LogP contribution in [0.15, 0.2) is 0 Å². The molecule has 0 aromatic rings. The summed E-state index contributed by atoms with van der Waals surface area (Å²) in [6, 6.07) is 0. The van der Waals surface area contributed by atoms with E-state index in [1.165, 1.54) is 25.7 Å². The summed E-state index contributed by atoms with van der Waals surface area (Å²) in [5, 5.41) is 3.10. The molecular weight excluding hydrogens is 288 g/mol. The number of hydrogen-bond acceptors (Lipinski definition) is 3. The fourth-order valence-electron chi connectivity index (χ4n) is 3.18. The van der Waals surface area contributed by atoms with Crippen LogP contribution < -0.4 is 11.1 Å². The summed E-state index contributed by atoms with van der Waals surface area (Å²) in [6.07, 6.45) is 7.59. The van der Waals surface area contributed by atoms with Crippen LogP contribution in [0.1, 0.15) is 65.7 Å². The molecule has 0 bridgehead atoms. The second-order valence-electron chi connectivity index (χ2n) is 6.50. The minimum atomic E-state index is -0.742. The zero-order valence-electron chi connectivity index (χ0n) is 13.9. The Labute approximate surface area is 136 Å². The second-order valence-corrected chi connectivity index (χ2v) is 6.50. The van der Waals surface area contributed by atoms with Crippen LogP contribution >= 0.6 is 12.4 Å². The number of ether oxygens (including phenoxy) is 1. The molecule has 1 atom stereocenters. The summed E-state index contributed by atoms with van der Waals surface area (Å²) in [5.41, 5.74) is 5.57. The Balaban J connectivity index is 0.00000400. The molecule has 0 radical (unpaired) electrons. The number of amides is 1. The van der Waals surface area contributed by atoms with Crippen molar-refractivity contribution in [1.29, 1.82) is 0 Å². The molecule has 0 aromatic carbocycles. The fraction of sp³-hybridized carbons (Fsp3) is 0.938. The topological polar surface area (TPSA) is 64.4 Å². The first kappa shape index (κ1) is 20.7. The van der Waals surface area contributed by atoms with E-state index in [0.717, 1.165) is 39.0 Å².